The van der Waals surface area contributed by atoms with Crippen molar-refractivity contribution in [2.75, 3.05) is 16.8 Å². The first-order valence-corrected chi connectivity index (χ1v) is 10.6. The number of amides is 5. The zero-order chi connectivity index (χ0) is 24.9. The molecule has 1 saturated heterocycles. The van der Waals surface area contributed by atoms with E-state index in [0.29, 0.717) is 11.3 Å². The third-order valence-electron chi connectivity index (χ3n) is 5.10. The minimum absolute atomic E-state index is 0.101. The Kier molecular flexibility index (Phi) is 6.68. The first-order valence-electron chi connectivity index (χ1n) is 10.6. The van der Waals surface area contributed by atoms with Gasteiger partial charge in [0.15, 0.2) is 6.61 Å². The normalized spacial score (nSPS) is 14.6. The molecule has 0 radical (unpaired) electrons. The van der Waals surface area contributed by atoms with Gasteiger partial charge in [-0.2, -0.15) is 0 Å². The highest BCUT2D eigenvalue weighted by Crippen LogP contribution is 2.25. The maximum atomic E-state index is 13.3. The number of anilines is 2. The summed E-state index contributed by atoms with van der Waals surface area (Å²) in [6, 6.07) is 17.6. The number of carbonyl (C=O) groups excluding carboxylic acids is 4. The fourth-order valence-corrected chi connectivity index (χ4v) is 3.35. The summed E-state index contributed by atoms with van der Waals surface area (Å²) in [5, 5.41) is 4.82. The first kappa shape index (κ1) is 23.4. The molecule has 1 aliphatic rings. The molecule has 8 nitrogen and oxygen atoms in total. The summed E-state index contributed by atoms with van der Waals surface area (Å²) in [6.07, 6.45) is 1.27. The molecular weight excluding hydrogens is 453 g/mol. The minimum atomic E-state index is -0.943. The monoisotopic (exact) mass is 473 g/mol. The van der Waals surface area contributed by atoms with Crippen LogP contribution in [0.5, 0.6) is 5.75 Å². The molecule has 2 N–H and O–H groups in total. The number of ether oxygens (including phenoxy) is 1. The third kappa shape index (κ3) is 5.41. The number of nitrogens with one attached hydrogen (secondary N) is 2. The molecule has 176 valence electrons. The van der Waals surface area contributed by atoms with Gasteiger partial charge in [0.05, 0.1) is 5.69 Å². The molecule has 1 aliphatic heterocycles. The van der Waals surface area contributed by atoms with Crippen LogP contribution in [0.15, 0.2) is 78.4 Å². The fraction of sp³-hybridized carbons (Fsp3) is 0.0769. The number of rotatable bonds is 6. The van der Waals surface area contributed by atoms with Gasteiger partial charge >= 0.3 is 6.03 Å². The number of carbonyl (C=O) groups is 4. The van der Waals surface area contributed by atoms with Gasteiger partial charge in [-0.05, 0) is 55.5 Å². The van der Waals surface area contributed by atoms with Crippen LogP contribution in [0.4, 0.5) is 20.6 Å². The highest BCUT2D eigenvalue weighted by atomic mass is 19.1. The average molecular weight is 473 g/mol. The van der Waals surface area contributed by atoms with E-state index in [0.717, 1.165) is 22.6 Å². The Morgan fingerprint density at radius 1 is 1.00 bits per heavy atom. The molecule has 0 saturated carbocycles. The molecule has 5 amide bonds. The van der Waals surface area contributed by atoms with Gasteiger partial charge in [0.25, 0.3) is 17.7 Å². The standard InChI is InChI=1S/C26H20FN3O5/c1-16-6-10-19(11-7-16)28-23(31)15-35-22-5-3-2-4-17(22)14-21-24(32)29-26(34)30(25(21)33)20-12-8-18(27)9-13-20/h2-14H,15H2,1H3,(H,28,31)(H,29,32,34)/b21-14+. The summed E-state index contributed by atoms with van der Waals surface area (Å²) >= 11 is 0. The summed E-state index contributed by atoms with van der Waals surface area (Å²) in [7, 11) is 0. The van der Waals surface area contributed by atoms with Crippen LogP contribution in [0.3, 0.4) is 0 Å². The lowest BCUT2D eigenvalue weighted by molar-refractivity contribution is -0.122. The molecule has 0 unspecified atom stereocenters. The Bertz CT molecular complexity index is 1330. The van der Waals surface area contributed by atoms with Crippen LogP contribution in [0.25, 0.3) is 6.08 Å². The van der Waals surface area contributed by atoms with E-state index in [-0.39, 0.29) is 23.6 Å². The lowest BCUT2D eigenvalue weighted by Crippen LogP contribution is -2.54. The van der Waals surface area contributed by atoms with Crippen molar-refractivity contribution in [3.8, 4) is 5.75 Å². The Hall–Kier alpha value is -4.79. The molecule has 0 spiro atoms. The van der Waals surface area contributed by atoms with Crippen LogP contribution in [0.1, 0.15) is 11.1 Å². The first-order chi connectivity index (χ1) is 16.8. The van der Waals surface area contributed by atoms with Gasteiger partial charge in [-0.25, -0.2) is 14.1 Å². The van der Waals surface area contributed by atoms with Crippen molar-refractivity contribution in [1.82, 2.24) is 5.32 Å². The van der Waals surface area contributed by atoms with Crippen molar-refractivity contribution >= 4 is 41.2 Å². The molecule has 35 heavy (non-hydrogen) atoms. The largest absolute Gasteiger partial charge is 0.483 e. The summed E-state index contributed by atoms with van der Waals surface area (Å²) in [4.78, 5) is 50.8. The van der Waals surface area contributed by atoms with E-state index < -0.39 is 29.6 Å². The molecule has 0 atom stereocenters. The lowest BCUT2D eigenvalue weighted by Gasteiger charge is -2.26. The van der Waals surface area contributed by atoms with Gasteiger partial charge in [0.2, 0.25) is 0 Å². The lowest BCUT2D eigenvalue weighted by atomic mass is 10.1. The van der Waals surface area contributed by atoms with Gasteiger partial charge in [-0.1, -0.05) is 35.9 Å². The quantitative estimate of drug-likeness (QED) is 0.418. The fourth-order valence-electron chi connectivity index (χ4n) is 3.35. The van der Waals surface area contributed by atoms with Crippen molar-refractivity contribution < 1.29 is 28.3 Å². The number of imide groups is 2. The third-order valence-corrected chi connectivity index (χ3v) is 5.10. The Morgan fingerprint density at radius 2 is 1.69 bits per heavy atom. The molecule has 1 heterocycles. The highest BCUT2D eigenvalue weighted by Gasteiger charge is 2.37. The number of para-hydroxylation sites is 1. The number of halogens is 1. The average Bonchev–Trinajstić information content (AvgIpc) is 2.83. The number of urea groups is 1. The van der Waals surface area contributed by atoms with Crippen LogP contribution in [0, 0.1) is 12.7 Å². The molecule has 4 rings (SSSR count). The molecule has 0 bridgehead atoms. The van der Waals surface area contributed by atoms with Crippen molar-refractivity contribution in [2.45, 2.75) is 6.92 Å². The molecule has 9 heteroatoms. The van der Waals surface area contributed by atoms with Crippen LogP contribution < -0.4 is 20.3 Å². The SMILES string of the molecule is Cc1ccc(NC(=O)COc2ccccc2/C=C2\C(=O)NC(=O)N(c3ccc(F)cc3)C2=O)cc1. The molecule has 3 aromatic rings. The predicted molar refractivity (Wildman–Crippen MR) is 127 cm³/mol. The second kappa shape index (κ2) is 10.0. The van der Waals surface area contributed by atoms with Crippen LogP contribution >= 0.6 is 0 Å². The van der Waals surface area contributed by atoms with Crippen LogP contribution in [0.2, 0.25) is 0 Å². The Balaban J connectivity index is 1.53. The van der Waals surface area contributed by atoms with Crippen molar-refractivity contribution in [1.29, 1.82) is 0 Å². The molecule has 1 fully saturated rings. The highest BCUT2D eigenvalue weighted by molar-refractivity contribution is 6.39. The minimum Gasteiger partial charge on any atom is -0.483 e. The summed E-state index contributed by atoms with van der Waals surface area (Å²) in [6.45, 7) is 1.63. The van der Waals surface area contributed by atoms with E-state index in [4.69, 9.17) is 4.74 Å². The van der Waals surface area contributed by atoms with Crippen molar-refractivity contribution in [2.24, 2.45) is 0 Å². The van der Waals surface area contributed by atoms with Crippen molar-refractivity contribution in [3.05, 3.63) is 95.3 Å². The summed E-state index contributed by atoms with van der Waals surface area (Å²) in [5.74, 6) is -2.44. The van der Waals surface area contributed by atoms with Gasteiger partial charge in [0, 0.05) is 11.3 Å². The van der Waals surface area contributed by atoms with Crippen LogP contribution in [-0.2, 0) is 14.4 Å². The van der Waals surface area contributed by atoms with Gasteiger partial charge in [0.1, 0.15) is 17.1 Å². The summed E-state index contributed by atoms with van der Waals surface area (Å²) < 4.78 is 18.9. The predicted octanol–water partition coefficient (Wildman–Crippen LogP) is 3.82. The Labute approximate surface area is 200 Å². The van der Waals surface area contributed by atoms with Crippen LogP contribution in [-0.4, -0.2) is 30.4 Å². The molecule has 0 aliphatic carbocycles. The number of nitrogens with zero attached hydrogens (tertiary/aromatic N) is 1. The number of aryl methyl sites for hydroxylation is 1. The molecular formula is C26H20FN3O5. The Morgan fingerprint density at radius 3 is 2.40 bits per heavy atom. The van der Waals surface area contributed by atoms with E-state index in [9.17, 15) is 23.6 Å². The van der Waals surface area contributed by atoms with E-state index in [1.54, 1.807) is 36.4 Å². The number of benzene rings is 3. The van der Waals surface area contributed by atoms with Crippen molar-refractivity contribution in [3.63, 3.8) is 0 Å². The molecule has 3 aromatic carbocycles. The van der Waals surface area contributed by atoms with Gasteiger partial charge in [-0.3, -0.25) is 19.7 Å². The second-order valence-corrected chi connectivity index (χ2v) is 7.67. The van der Waals surface area contributed by atoms with E-state index >= 15 is 0 Å². The number of hydrogen-bond acceptors (Lipinski definition) is 5. The number of hydrogen-bond donors (Lipinski definition) is 2. The van der Waals surface area contributed by atoms with Gasteiger partial charge in [-0.15, -0.1) is 0 Å². The number of barbiturate groups is 1. The zero-order valence-corrected chi connectivity index (χ0v) is 18.6. The van der Waals surface area contributed by atoms with E-state index in [2.05, 4.69) is 10.6 Å². The topological polar surface area (TPSA) is 105 Å². The zero-order valence-electron chi connectivity index (χ0n) is 18.6. The summed E-state index contributed by atoms with van der Waals surface area (Å²) in [5.41, 5.74) is 1.80. The smallest absolute Gasteiger partial charge is 0.335 e. The maximum absolute atomic E-state index is 13.3. The maximum Gasteiger partial charge on any atom is 0.335 e. The second-order valence-electron chi connectivity index (χ2n) is 7.67. The van der Waals surface area contributed by atoms with E-state index in [1.807, 2.05) is 19.1 Å². The molecule has 0 aromatic heterocycles. The van der Waals surface area contributed by atoms with Gasteiger partial charge < -0.3 is 10.1 Å². The van der Waals surface area contributed by atoms with E-state index in [1.165, 1.54) is 18.2 Å².